The number of rotatable bonds is 6. The maximum atomic E-state index is 13.4. The van der Waals surface area contributed by atoms with Gasteiger partial charge in [-0.15, -0.1) is 0 Å². The van der Waals surface area contributed by atoms with Crippen molar-refractivity contribution in [1.82, 2.24) is 15.3 Å². The molecule has 1 aromatic carbocycles. The highest BCUT2D eigenvalue weighted by Crippen LogP contribution is 2.05. The average Bonchev–Trinajstić information content (AvgIpc) is 2.39. The Labute approximate surface area is 118 Å². The van der Waals surface area contributed by atoms with Gasteiger partial charge in [0.1, 0.15) is 5.82 Å². The molecule has 2 N–H and O–H groups in total. The van der Waals surface area contributed by atoms with Crippen molar-refractivity contribution in [1.29, 1.82) is 0 Å². The Morgan fingerprint density at radius 1 is 1.05 bits per heavy atom. The summed E-state index contributed by atoms with van der Waals surface area (Å²) in [5.74, 6) is 0.459. The smallest absolute Gasteiger partial charge is 0.223 e. The number of aromatic nitrogens is 2. The van der Waals surface area contributed by atoms with Crippen LogP contribution in [-0.2, 0) is 6.54 Å². The summed E-state index contributed by atoms with van der Waals surface area (Å²) < 4.78 is 13.4. The number of nitrogens with zero attached hydrogens (tertiary/aromatic N) is 2. The molecular formula is C15H19FN4. The molecule has 0 radical (unpaired) electrons. The van der Waals surface area contributed by atoms with Crippen LogP contribution >= 0.6 is 0 Å². The van der Waals surface area contributed by atoms with Crippen LogP contribution in [0.1, 0.15) is 17.0 Å². The van der Waals surface area contributed by atoms with E-state index in [9.17, 15) is 4.39 Å². The summed E-state index contributed by atoms with van der Waals surface area (Å²) in [7, 11) is 0. The van der Waals surface area contributed by atoms with Gasteiger partial charge in [0.15, 0.2) is 0 Å². The van der Waals surface area contributed by atoms with Crippen molar-refractivity contribution in [2.45, 2.75) is 20.4 Å². The van der Waals surface area contributed by atoms with Gasteiger partial charge >= 0.3 is 0 Å². The molecule has 106 valence electrons. The predicted octanol–water partition coefficient (Wildman–Crippen LogP) is 2.43. The molecule has 0 amide bonds. The second-order valence-electron chi connectivity index (χ2n) is 4.67. The van der Waals surface area contributed by atoms with Crippen LogP contribution in [0.3, 0.4) is 0 Å². The third-order valence-corrected chi connectivity index (χ3v) is 2.84. The Kier molecular flexibility index (Phi) is 5.01. The highest BCUT2D eigenvalue weighted by Gasteiger charge is 2.00. The zero-order valence-electron chi connectivity index (χ0n) is 11.8. The topological polar surface area (TPSA) is 49.8 Å². The first-order chi connectivity index (χ1) is 9.65. The lowest BCUT2D eigenvalue weighted by atomic mass is 10.2. The van der Waals surface area contributed by atoms with Gasteiger partial charge in [0.05, 0.1) is 0 Å². The summed E-state index contributed by atoms with van der Waals surface area (Å²) in [5, 5.41) is 6.33. The first-order valence-corrected chi connectivity index (χ1v) is 6.65. The molecule has 5 heteroatoms. The first-order valence-electron chi connectivity index (χ1n) is 6.65. The molecule has 4 nitrogen and oxygen atoms in total. The van der Waals surface area contributed by atoms with E-state index in [2.05, 4.69) is 20.6 Å². The number of aryl methyl sites for hydroxylation is 2. The Morgan fingerprint density at radius 2 is 1.75 bits per heavy atom. The Hall–Kier alpha value is -2.01. The normalized spacial score (nSPS) is 10.6. The molecule has 1 heterocycles. The first kappa shape index (κ1) is 14.4. The van der Waals surface area contributed by atoms with E-state index in [1.165, 1.54) is 6.07 Å². The molecule has 0 bridgehead atoms. The fraction of sp³-hybridized carbons (Fsp3) is 0.333. The molecule has 0 spiro atoms. The molecule has 2 aromatic rings. The van der Waals surface area contributed by atoms with E-state index in [-0.39, 0.29) is 5.82 Å². The Bertz CT molecular complexity index is 551. The lowest BCUT2D eigenvalue weighted by molar-refractivity contribution is 0.591. The minimum atomic E-state index is -0.175. The minimum Gasteiger partial charge on any atom is -0.353 e. The fourth-order valence-electron chi connectivity index (χ4n) is 1.93. The highest BCUT2D eigenvalue weighted by molar-refractivity contribution is 5.27. The molecule has 0 saturated carbocycles. The largest absolute Gasteiger partial charge is 0.353 e. The van der Waals surface area contributed by atoms with Crippen molar-refractivity contribution in [2.75, 3.05) is 18.4 Å². The van der Waals surface area contributed by atoms with E-state index in [0.29, 0.717) is 31.1 Å². The van der Waals surface area contributed by atoms with Crippen LogP contribution in [0.25, 0.3) is 0 Å². The highest BCUT2D eigenvalue weighted by atomic mass is 19.1. The van der Waals surface area contributed by atoms with Crippen LogP contribution < -0.4 is 10.6 Å². The lowest BCUT2D eigenvalue weighted by Crippen LogP contribution is -2.23. The van der Waals surface area contributed by atoms with Crippen molar-refractivity contribution in [3.05, 3.63) is 53.1 Å². The standard InChI is InChI=1S/C15H19FN4/c1-11-9-12(2)20-15(19-11)18-8-7-17-10-13-5-3-4-6-14(13)16/h3-6,9,17H,7-8,10H2,1-2H3,(H,18,19,20). The summed E-state index contributed by atoms with van der Waals surface area (Å²) >= 11 is 0. The van der Waals surface area contributed by atoms with Gasteiger partial charge in [0.25, 0.3) is 0 Å². The van der Waals surface area contributed by atoms with Crippen molar-refractivity contribution in [3.8, 4) is 0 Å². The maximum Gasteiger partial charge on any atom is 0.223 e. The van der Waals surface area contributed by atoms with Gasteiger partial charge in [-0.05, 0) is 26.0 Å². The molecule has 0 atom stereocenters. The van der Waals surface area contributed by atoms with Gasteiger partial charge in [-0.3, -0.25) is 0 Å². The predicted molar refractivity (Wildman–Crippen MR) is 78.1 cm³/mol. The van der Waals surface area contributed by atoms with E-state index in [4.69, 9.17) is 0 Å². The summed E-state index contributed by atoms with van der Waals surface area (Å²) in [6, 6.07) is 8.71. The Morgan fingerprint density at radius 3 is 2.45 bits per heavy atom. The van der Waals surface area contributed by atoms with E-state index in [1.54, 1.807) is 12.1 Å². The van der Waals surface area contributed by atoms with Gasteiger partial charge in [-0.1, -0.05) is 18.2 Å². The summed E-state index contributed by atoms with van der Waals surface area (Å²) in [6.45, 7) is 5.80. The van der Waals surface area contributed by atoms with E-state index in [1.807, 2.05) is 26.0 Å². The van der Waals surface area contributed by atoms with E-state index in [0.717, 1.165) is 11.4 Å². The zero-order chi connectivity index (χ0) is 14.4. The molecule has 0 unspecified atom stereocenters. The van der Waals surface area contributed by atoms with Crippen LogP contribution in [0, 0.1) is 19.7 Å². The second kappa shape index (κ2) is 6.96. The number of nitrogens with one attached hydrogen (secondary N) is 2. The zero-order valence-corrected chi connectivity index (χ0v) is 11.8. The summed E-state index contributed by atoms with van der Waals surface area (Å²) in [4.78, 5) is 8.59. The second-order valence-corrected chi connectivity index (χ2v) is 4.67. The van der Waals surface area contributed by atoms with Crippen molar-refractivity contribution in [2.24, 2.45) is 0 Å². The maximum absolute atomic E-state index is 13.4. The van der Waals surface area contributed by atoms with Crippen molar-refractivity contribution < 1.29 is 4.39 Å². The fourth-order valence-corrected chi connectivity index (χ4v) is 1.93. The summed E-state index contributed by atoms with van der Waals surface area (Å²) in [5.41, 5.74) is 2.56. The van der Waals surface area contributed by atoms with E-state index >= 15 is 0 Å². The van der Waals surface area contributed by atoms with Crippen LogP contribution in [0.15, 0.2) is 30.3 Å². The third kappa shape index (κ3) is 4.28. The molecular weight excluding hydrogens is 255 g/mol. The minimum absolute atomic E-state index is 0.175. The average molecular weight is 274 g/mol. The third-order valence-electron chi connectivity index (χ3n) is 2.84. The van der Waals surface area contributed by atoms with Crippen LogP contribution in [0.5, 0.6) is 0 Å². The molecule has 0 fully saturated rings. The van der Waals surface area contributed by atoms with Crippen LogP contribution in [-0.4, -0.2) is 23.1 Å². The van der Waals surface area contributed by atoms with Crippen LogP contribution in [0.4, 0.5) is 10.3 Å². The van der Waals surface area contributed by atoms with Gasteiger partial charge in [-0.25, -0.2) is 14.4 Å². The number of anilines is 1. The number of hydrogen-bond acceptors (Lipinski definition) is 4. The molecule has 0 saturated heterocycles. The van der Waals surface area contributed by atoms with Crippen molar-refractivity contribution >= 4 is 5.95 Å². The lowest BCUT2D eigenvalue weighted by Gasteiger charge is -2.08. The number of benzene rings is 1. The van der Waals surface area contributed by atoms with Gasteiger partial charge in [-0.2, -0.15) is 0 Å². The molecule has 0 aliphatic carbocycles. The van der Waals surface area contributed by atoms with E-state index < -0.39 is 0 Å². The molecule has 2 rings (SSSR count). The van der Waals surface area contributed by atoms with Gasteiger partial charge in [0.2, 0.25) is 5.95 Å². The monoisotopic (exact) mass is 274 g/mol. The van der Waals surface area contributed by atoms with Crippen LogP contribution in [0.2, 0.25) is 0 Å². The number of hydrogen-bond donors (Lipinski definition) is 2. The molecule has 20 heavy (non-hydrogen) atoms. The molecule has 0 aliphatic heterocycles. The quantitative estimate of drug-likeness (QED) is 0.794. The van der Waals surface area contributed by atoms with Gasteiger partial charge < -0.3 is 10.6 Å². The SMILES string of the molecule is Cc1cc(C)nc(NCCNCc2ccccc2F)n1. The molecule has 1 aromatic heterocycles. The van der Waals surface area contributed by atoms with Crippen molar-refractivity contribution in [3.63, 3.8) is 0 Å². The Balaban J connectivity index is 1.73. The summed E-state index contributed by atoms with van der Waals surface area (Å²) in [6.07, 6.45) is 0. The molecule has 0 aliphatic rings. The van der Waals surface area contributed by atoms with Gasteiger partial charge in [0, 0.05) is 36.6 Å². The number of halogens is 1.